The van der Waals surface area contributed by atoms with Crippen molar-refractivity contribution in [3.05, 3.63) is 52.9 Å². The van der Waals surface area contributed by atoms with Crippen molar-refractivity contribution >= 4 is 29.2 Å². The third kappa shape index (κ3) is 3.66. The molecule has 168 valence electrons. The molecule has 32 heavy (non-hydrogen) atoms. The molecule has 1 fully saturated rings. The molecule has 3 aromatic rings. The van der Waals surface area contributed by atoms with Gasteiger partial charge in [-0.25, -0.2) is 18.0 Å². The van der Waals surface area contributed by atoms with E-state index < -0.39 is 41.0 Å². The minimum Gasteiger partial charge on any atom is -0.441 e. The van der Waals surface area contributed by atoms with Crippen molar-refractivity contribution in [1.29, 1.82) is 0 Å². The number of aryl methyl sites for hydroxylation is 1. The van der Waals surface area contributed by atoms with Crippen molar-refractivity contribution in [2.75, 3.05) is 23.0 Å². The summed E-state index contributed by atoms with van der Waals surface area (Å²) < 4.78 is 64.8. The fraction of sp³-hybridized carbons (Fsp3) is 0.368. The normalized spacial score (nSPS) is 17.9. The lowest BCUT2D eigenvalue weighted by Gasteiger charge is -2.22. The van der Waals surface area contributed by atoms with Gasteiger partial charge >= 0.3 is 6.09 Å². The molecule has 0 saturated carbocycles. The van der Waals surface area contributed by atoms with Crippen LogP contribution < -0.4 is 9.80 Å². The van der Waals surface area contributed by atoms with E-state index in [1.165, 1.54) is 4.90 Å². The number of rotatable bonds is 6. The summed E-state index contributed by atoms with van der Waals surface area (Å²) in [5, 5.41) is 4.24. The molecular weight excluding hydrogens is 449 g/mol. The highest BCUT2D eigenvalue weighted by atomic mass is 32.1. The van der Waals surface area contributed by atoms with E-state index in [0.29, 0.717) is 11.4 Å². The predicted molar refractivity (Wildman–Crippen MR) is 107 cm³/mol. The number of ether oxygens (including phenoxy) is 2. The van der Waals surface area contributed by atoms with Crippen LogP contribution in [0.3, 0.4) is 0 Å². The summed E-state index contributed by atoms with van der Waals surface area (Å²) in [7, 11) is 1.75. The van der Waals surface area contributed by atoms with Gasteiger partial charge in [-0.1, -0.05) is 0 Å². The molecule has 5 rings (SSSR count). The number of halogens is 3. The van der Waals surface area contributed by atoms with E-state index in [-0.39, 0.29) is 32.8 Å². The van der Waals surface area contributed by atoms with Gasteiger partial charge in [-0.05, 0) is 0 Å². The first kappa shape index (κ1) is 20.7. The molecule has 0 bridgehead atoms. The number of aromatic nitrogens is 4. The number of hydrogen-bond acceptors (Lipinski definition) is 8. The van der Waals surface area contributed by atoms with E-state index in [0.717, 1.165) is 28.3 Å². The summed E-state index contributed by atoms with van der Waals surface area (Å²) >= 11 is 1.04. The Balaban J connectivity index is 1.31. The van der Waals surface area contributed by atoms with Gasteiger partial charge in [0.25, 0.3) is 0 Å². The Morgan fingerprint density at radius 1 is 1.28 bits per heavy atom. The maximum atomic E-state index is 14.9. The summed E-state index contributed by atoms with van der Waals surface area (Å²) in [5.41, 5.74) is 1.11. The Labute approximate surface area is 184 Å². The van der Waals surface area contributed by atoms with E-state index in [2.05, 4.69) is 13.8 Å². The van der Waals surface area contributed by atoms with E-state index in [1.54, 1.807) is 24.1 Å². The first-order valence-corrected chi connectivity index (χ1v) is 10.4. The van der Waals surface area contributed by atoms with Gasteiger partial charge in [-0.15, -0.1) is 0 Å². The molecule has 2 aliphatic heterocycles. The highest BCUT2D eigenvalue weighted by molar-refractivity contribution is 6.99. The smallest absolute Gasteiger partial charge is 0.414 e. The molecule has 0 spiro atoms. The lowest BCUT2D eigenvalue weighted by molar-refractivity contribution is 0.0371. The molecule has 2 aliphatic rings. The fourth-order valence-electron chi connectivity index (χ4n) is 3.86. The van der Waals surface area contributed by atoms with Crippen LogP contribution in [0.1, 0.15) is 17.0 Å². The molecule has 0 N–H and O–H groups in total. The molecule has 0 radical (unpaired) electrons. The van der Waals surface area contributed by atoms with Crippen LogP contribution in [0.2, 0.25) is 0 Å². The van der Waals surface area contributed by atoms with Crippen LogP contribution in [0, 0.1) is 17.5 Å². The van der Waals surface area contributed by atoms with Crippen LogP contribution in [0.25, 0.3) is 0 Å². The van der Waals surface area contributed by atoms with Crippen LogP contribution in [0.5, 0.6) is 0 Å². The molecule has 1 unspecified atom stereocenters. The van der Waals surface area contributed by atoms with Gasteiger partial charge < -0.3 is 14.4 Å². The Hall–Kier alpha value is -3.19. The predicted octanol–water partition coefficient (Wildman–Crippen LogP) is 2.75. The SMILES string of the molecule is Cn1cc2c(n1)CN(c1c(F)cc(N3CC(COCc4cnsn4)OC3=O)c(F)c1F)C2. The van der Waals surface area contributed by atoms with Gasteiger partial charge in [-0.2, -0.15) is 13.8 Å². The van der Waals surface area contributed by atoms with Gasteiger partial charge in [-0.3, -0.25) is 9.58 Å². The number of nitrogens with zero attached hydrogens (tertiary/aromatic N) is 6. The zero-order chi connectivity index (χ0) is 22.4. The van der Waals surface area contributed by atoms with E-state index in [1.807, 2.05) is 0 Å². The average molecular weight is 466 g/mol. The first-order chi connectivity index (χ1) is 15.4. The molecular formula is C19H17F3N6O3S. The highest BCUT2D eigenvalue weighted by Gasteiger charge is 2.37. The largest absolute Gasteiger partial charge is 0.441 e. The molecule has 1 atom stereocenters. The van der Waals surface area contributed by atoms with E-state index >= 15 is 0 Å². The van der Waals surface area contributed by atoms with Crippen molar-refractivity contribution < 1.29 is 27.4 Å². The number of carbonyl (C=O) groups excluding carboxylic acids is 1. The highest BCUT2D eigenvalue weighted by Crippen LogP contribution is 2.37. The van der Waals surface area contributed by atoms with Crippen LogP contribution in [-0.2, 0) is 36.2 Å². The van der Waals surface area contributed by atoms with Gasteiger partial charge in [0, 0.05) is 31.4 Å². The molecule has 1 saturated heterocycles. The van der Waals surface area contributed by atoms with Crippen LogP contribution in [0.4, 0.5) is 29.3 Å². The number of hydrogen-bond donors (Lipinski definition) is 0. The van der Waals surface area contributed by atoms with Crippen molar-refractivity contribution in [2.45, 2.75) is 25.8 Å². The third-order valence-corrected chi connectivity index (χ3v) is 5.77. The van der Waals surface area contributed by atoms with Gasteiger partial charge in [0.1, 0.15) is 11.8 Å². The number of carbonyl (C=O) groups is 1. The minimum absolute atomic E-state index is 0.0177. The number of amides is 1. The zero-order valence-electron chi connectivity index (χ0n) is 16.8. The second kappa shape index (κ2) is 8.06. The molecule has 13 heteroatoms. The van der Waals surface area contributed by atoms with Gasteiger partial charge in [0.2, 0.25) is 0 Å². The Morgan fingerprint density at radius 3 is 2.88 bits per heavy atom. The summed E-state index contributed by atoms with van der Waals surface area (Å²) in [5.74, 6) is -3.66. The van der Waals surface area contributed by atoms with Crippen molar-refractivity contribution in [3.8, 4) is 0 Å². The molecule has 4 heterocycles. The lowest BCUT2D eigenvalue weighted by Crippen LogP contribution is -2.28. The van der Waals surface area contributed by atoms with Crippen LogP contribution in [-0.4, -0.2) is 43.9 Å². The fourth-order valence-corrected chi connectivity index (χ4v) is 4.28. The average Bonchev–Trinajstić information content (AvgIpc) is 3.51. The summed E-state index contributed by atoms with van der Waals surface area (Å²) in [6.07, 6.45) is 1.68. The number of anilines is 2. The van der Waals surface area contributed by atoms with Crippen LogP contribution >= 0.6 is 11.7 Å². The quantitative estimate of drug-likeness (QED) is 0.517. The van der Waals surface area contributed by atoms with Crippen molar-refractivity contribution in [2.24, 2.45) is 7.05 Å². The summed E-state index contributed by atoms with van der Waals surface area (Å²) in [6.45, 7) is 0.440. The van der Waals surface area contributed by atoms with Gasteiger partial charge in [0.15, 0.2) is 17.5 Å². The Morgan fingerprint density at radius 2 is 2.12 bits per heavy atom. The second-order valence-corrected chi connectivity index (χ2v) is 8.07. The third-order valence-electron chi connectivity index (χ3n) is 5.25. The standard InChI is InChI=1S/C19H17F3N6O3S/c1-26-4-10-5-27(7-14(10)24-26)18-13(20)2-15(16(21)17(18)22)28-6-12(31-19(28)29)9-30-8-11-3-23-32-25-11/h2-4,12H,5-9H2,1H3. The molecule has 2 aromatic heterocycles. The van der Waals surface area contributed by atoms with E-state index in [4.69, 9.17) is 9.47 Å². The van der Waals surface area contributed by atoms with Crippen molar-refractivity contribution in [3.63, 3.8) is 0 Å². The van der Waals surface area contributed by atoms with Gasteiger partial charge in [0.05, 0.1) is 61.3 Å². The Bertz CT molecular complexity index is 1150. The maximum absolute atomic E-state index is 14.9. The summed E-state index contributed by atoms with van der Waals surface area (Å²) in [6, 6.07) is 0.815. The Kier molecular flexibility index (Phi) is 5.21. The first-order valence-electron chi connectivity index (χ1n) is 9.67. The van der Waals surface area contributed by atoms with Crippen molar-refractivity contribution in [1.82, 2.24) is 18.5 Å². The molecule has 1 amide bonds. The minimum atomic E-state index is -1.36. The number of cyclic esters (lactones) is 1. The second-order valence-electron chi connectivity index (χ2n) is 7.52. The van der Waals surface area contributed by atoms with E-state index in [9.17, 15) is 18.0 Å². The molecule has 1 aromatic carbocycles. The number of benzene rings is 1. The van der Waals surface area contributed by atoms with Crippen LogP contribution in [0.15, 0.2) is 18.5 Å². The monoisotopic (exact) mass is 466 g/mol. The number of fused-ring (bicyclic) bond motifs is 1. The topological polar surface area (TPSA) is 85.6 Å². The molecule has 9 nitrogen and oxygen atoms in total. The maximum Gasteiger partial charge on any atom is 0.414 e. The molecule has 0 aliphatic carbocycles. The zero-order valence-corrected chi connectivity index (χ0v) is 17.6. The lowest BCUT2D eigenvalue weighted by atomic mass is 10.2. The summed E-state index contributed by atoms with van der Waals surface area (Å²) in [4.78, 5) is 14.5.